The summed E-state index contributed by atoms with van der Waals surface area (Å²) in [6.45, 7) is 8.91. The summed E-state index contributed by atoms with van der Waals surface area (Å²) in [7, 11) is 0. The van der Waals surface area contributed by atoms with E-state index in [1.54, 1.807) is 26.6 Å². The van der Waals surface area contributed by atoms with Gasteiger partial charge in [-0.25, -0.2) is 32.5 Å². The first-order valence-electron chi connectivity index (χ1n) is 19.9. The standard InChI is InChI=1S/C44H48F2N8O4/c1-3-42(32(2)56-25-33-7-5-4-6-8-33)54-43(55)53(31-49-54)38-12-10-36(11-13-38)50-19-21-51(22-20-50)37-14-16-39(17-15-37)57-26-34-24-44(58-27-34,28-52-30-47-29-48-52)40-18-9-35(45)23-41(40)46/h4-18,23,29-32,34,42H,3,19-22,24-28H2,1-2H3/t32-,34+,42+,44-/m0/s1. The summed E-state index contributed by atoms with van der Waals surface area (Å²) in [6.07, 6.45) is 5.57. The van der Waals surface area contributed by atoms with Gasteiger partial charge in [0.05, 0.1) is 44.2 Å². The van der Waals surface area contributed by atoms with E-state index in [2.05, 4.69) is 49.2 Å². The number of anilines is 2. The number of hydrogen-bond acceptors (Lipinski definition) is 9. The Morgan fingerprint density at radius 2 is 1.55 bits per heavy atom. The molecule has 0 spiro atoms. The van der Waals surface area contributed by atoms with Gasteiger partial charge in [-0.2, -0.15) is 10.2 Å². The molecule has 0 amide bonds. The van der Waals surface area contributed by atoms with Gasteiger partial charge in [0.15, 0.2) is 0 Å². The SMILES string of the molecule is CC[C@H]([C@H](C)OCc1ccccc1)n1ncn(-c2ccc(N3CCN(c4ccc(OC[C@@H]5CO[C@@](Cn6cncn6)(c6ccc(F)cc6F)C5)cc4)CC3)cc2)c1=O. The van der Waals surface area contributed by atoms with E-state index in [4.69, 9.17) is 14.2 Å². The van der Waals surface area contributed by atoms with Crippen molar-refractivity contribution in [2.24, 2.45) is 5.92 Å². The Hall–Kier alpha value is -5.86. The summed E-state index contributed by atoms with van der Waals surface area (Å²) in [5.74, 6) is -0.555. The van der Waals surface area contributed by atoms with Gasteiger partial charge in [0.25, 0.3) is 0 Å². The summed E-state index contributed by atoms with van der Waals surface area (Å²) in [5, 5.41) is 8.68. The summed E-state index contributed by atoms with van der Waals surface area (Å²) < 4.78 is 52.1. The van der Waals surface area contributed by atoms with Gasteiger partial charge in [-0.05, 0) is 79.9 Å². The molecule has 2 aliphatic rings. The highest BCUT2D eigenvalue weighted by molar-refractivity contribution is 5.54. The first-order valence-corrected chi connectivity index (χ1v) is 19.9. The second kappa shape index (κ2) is 17.3. The van der Waals surface area contributed by atoms with Gasteiger partial charge < -0.3 is 24.0 Å². The summed E-state index contributed by atoms with van der Waals surface area (Å²) >= 11 is 0. The van der Waals surface area contributed by atoms with Crippen molar-refractivity contribution in [2.45, 2.75) is 57.6 Å². The number of halogens is 2. The van der Waals surface area contributed by atoms with Gasteiger partial charge in [-0.3, -0.25) is 0 Å². The van der Waals surface area contributed by atoms with Gasteiger partial charge in [-0.15, -0.1) is 0 Å². The molecule has 0 radical (unpaired) electrons. The largest absolute Gasteiger partial charge is 0.493 e. The average Bonchev–Trinajstić information content (AvgIpc) is 4.02. The quantitative estimate of drug-likeness (QED) is 0.111. The maximum Gasteiger partial charge on any atom is 0.350 e. The molecular formula is C44H48F2N8O4. The van der Waals surface area contributed by atoms with Crippen LogP contribution in [0.3, 0.4) is 0 Å². The zero-order valence-corrected chi connectivity index (χ0v) is 32.7. The molecule has 302 valence electrons. The van der Waals surface area contributed by atoms with Crippen molar-refractivity contribution >= 4 is 11.4 Å². The Bertz CT molecular complexity index is 2300. The molecule has 14 heteroatoms. The molecule has 0 aliphatic carbocycles. The highest BCUT2D eigenvalue weighted by Gasteiger charge is 2.44. The molecular weight excluding hydrogens is 743 g/mol. The van der Waals surface area contributed by atoms with Gasteiger partial charge >= 0.3 is 5.69 Å². The minimum Gasteiger partial charge on any atom is -0.493 e. The average molecular weight is 791 g/mol. The van der Waals surface area contributed by atoms with Crippen LogP contribution in [0.15, 0.2) is 121 Å². The van der Waals surface area contributed by atoms with Crippen molar-refractivity contribution < 1.29 is 23.0 Å². The number of ether oxygens (including phenoxy) is 3. The van der Waals surface area contributed by atoms with E-state index in [9.17, 15) is 9.18 Å². The fraction of sp³-hybridized carbons (Fsp3) is 0.364. The Morgan fingerprint density at radius 1 is 0.862 bits per heavy atom. The molecule has 4 aromatic carbocycles. The lowest BCUT2D eigenvalue weighted by molar-refractivity contribution is -0.0206. The van der Waals surface area contributed by atoms with Crippen molar-refractivity contribution in [3.63, 3.8) is 0 Å². The molecule has 0 N–H and O–H groups in total. The van der Waals surface area contributed by atoms with Crippen LogP contribution in [0.4, 0.5) is 20.2 Å². The Morgan fingerprint density at radius 3 is 2.21 bits per heavy atom. The zero-order chi connectivity index (χ0) is 40.1. The third kappa shape index (κ3) is 8.53. The molecule has 6 aromatic rings. The lowest BCUT2D eigenvalue weighted by Gasteiger charge is -2.37. The number of hydrogen-bond donors (Lipinski definition) is 0. The first-order chi connectivity index (χ1) is 28.3. The molecule has 2 saturated heterocycles. The maximum absolute atomic E-state index is 15.0. The summed E-state index contributed by atoms with van der Waals surface area (Å²) in [5.41, 5.74) is 3.16. The van der Waals surface area contributed by atoms with Crippen LogP contribution in [0.1, 0.15) is 43.9 Å². The van der Waals surface area contributed by atoms with E-state index in [0.717, 1.165) is 60.6 Å². The van der Waals surface area contributed by atoms with E-state index in [0.29, 0.717) is 38.2 Å². The van der Waals surface area contributed by atoms with Crippen LogP contribution in [-0.4, -0.2) is 74.6 Å². The lowest BCUT2D eigenvalue weighted by atomic mass is 9.87. The van der Waals surface area contributed by atoms with E-state index in [-0.39, 0.29) is 30.3 Å². The van der Waals surface area contributed by atoms with Crippen molar-refractivity contribution in [2.75, 3.05) is 49.2 Å². The molecule has 12 nitrogen and oxygen atoms in total. The van der Waals surface area contributed by atoms with Crippen LogP contribution in [0.5, 0.6) is 5.75 Å². The fourth-order valence-electron chi connectivity index (χ4n) is 8.14. The summed E-state index contributed by atoms with van der Waals surface area (Å²) in [4.78, 5) is 22.2. The Balaban J connectivity index is 0.828. The second-order valence-corrected chi connectivity index (χ2v) is 15.1. The van der Waals surface area contributed by atoms with Crippen molar-refractivity contribution in [3.8, 4) is 11.4 Å². The molecule has 2 aliphatic heterocycles. The summed E-state index contributed by atoms with van der Waals surface area (Å²) in [6, 6.07) is 29.6. The van der Waals surface area contributed by atoms with Crippen LogP contribution in [0, 0.1) is 17.6 Å². The van der Waals surface area contributed by atoms with Crippen LogP contribution < -0.4 is 20.2 Å². The van der Waals surface area contributed by atoms with Crippen LogP contribution >= 0.6 is 0 Å². The predicted octanol–water partition coefficient (Wildman–Crippen LogP) is 6.80. The molecule has 0 bridgehead atoms. The monoisotopic (exact) mass is 790 g/mol. The first kappa shape index (κ1) is 39.0. The van der Waals surface area contributed by atoms with Crippen LogP contribution in [-0.2, 0) is 28.2 Å². The fourth-order valence-corrected chi connectivity index (χ4v) is 8.14. The Labute approximate surface area is 336 Å². The van der Waals surface area contributed by atoms with Crippen molar-refractivity contribution in [1.29, 1.82) is 0 Å². The third-order valence-corrected chi connectivity index (χ3v) is 11.3. The predicted molar refractivity (Wildman–Crippen MR) is 216 cm³/mol. The highest BCUT2D eigenvalue weighted by Crippen LogP contribution is 2.42. The highest BCUT2D eigenvalue weighted by atomic mass is 19.1. The minimum atomic E-state index is -1.02. The molecule has 0 unspecified atom stereocenters. The van der Waals surface area contributed by atoms with Gasteiger partial charge in [-0.1, -0.05) is 43.3 Å². The molecule has 2 aromatic heterocycles. The lowest BCUT2D eigenvalue weighted by Crippen LogP contribution is -2.46. The van der Waals surface area contributed by atoms with E-state index in [1.165, 1.54) is 18.5 Å². The number of nitrogens with zero attached hydrogens (tertiary/aromatic N) is 8. The molecule has 8 rings (SSSR count). The molecule has 0 saturated carbocycles. The number of piperazine rings is 1. The normalized spacial score (nSPS) is 19.3. The minimum absolute atomic E-state index is 0.0128. The Kier molecular flexibility index (Phi) is 11.6. The van der Waals surface area contributed by atoms with Crippen LogP contribution in [0.25, 0.3) is 5.69 Å². The molecule has 4 heterocycles. The molecule has 2 fully saturated rings. The smallest absolute Gasteiger partial charge is 0.350 e. The van der Waals surface area contributed by atoms with Gasteiger partial charge in [0.2, 0.25) is 0 Å². The zero-order valence-electron chi connectivity index (χ0n) is 32.7. The number of aromatic nitrogens is 6. The maximum atomic E-state index is 15.0. The van der Waals surface area contributed by atoms with E-state index >= 15 is 4.39 Å². The van der Waals surface area contributed by atoms with Gasteiger partial charge in [0.1, 0.15) is 42.0 Å². The van der Waals surface area contributed by atoms with Crippen LogP contribution in [0.2, 0.25) is 0 Å². The van der Waals surface area contributed by atoms with Gasteiger partial charge in [0, 0.05) is 55.1 Å². The molecule has 4 atom stereocenters. The van der Waals surface area contributed by atoms with Crippen molar-refractivity contribution in [1.82, 2.24) is 29.1 Å². The van der Waals surface area contributed by atoms with Crippen molar-refractivity contribution in [3.05, 3.63) is 149 Å². The number of benzene rings is 4. The topological polar surface area (TPSA) is 105 Å². The van der Waals surface area contributed by atoms with E-state index in [1.807, 2.05) is 68.4 Å². The van der Waals surface area contributed by atoms with E-state index < -0.39 is 17.2 Å². The molecule has 58 heavy (non-hydrogen) atoms. The third-order valence-electron chi connectivity index (χ3n) is 11.3. The number of rotatable bonds is 15. The second-order valence-electron chi connectivity index (χ2n) is 15.1.